The first-order valence-electron chi connectivity index (χ1n) is 4.88. The molecule has 4 nitrogen and oxygen atoms in total. The van der Waals surface area contributed by atoms with Crippen molar-refractivity contribution in [2.45, 2.75) is 12.2 Å². The fourth-order valence-corrected chi connectivity index (χ4v) is 2.97. The van der Waals surface area contributed by atoms with Gasteiger partial charge in [-0.25, -0.2) is 8.42 Å². The van der Waals surface area contributed by atoms with Crippen LogP contribution in [0.1, 0.15) is 6.92 Å². The molecule has 1 rings (SSSR count). The zero-order valence-corrected chi connectivity index (χ0v) is 12.2. The number of rotatable bonds is 5. The highest BCUT2D eigenvalue weighted by atomic mass is 127. The summed E-state index contributed by atoms with van der Waals surface area (Å²) >= 11 is 2.10. The Labute approximate surface area is 110 Å². The number of hydrogen-bond donors (Lipinski definition) is 2. The van der Waals surface area contributed by atoms with E-state index >= 15 is 0 Å². The smallest absolute Gasteiger partial charge is 0.236 e. The number of hydrogen-bond acceptors (Lipinski definition) is 3. The third-order valence-electron chi connectivity index (χ3n) is 2.15. The number of halogens is 1. The van der Waals surface area contributed by atoms with Crippen molar-refractivity contribution < 1.29 is 8.42 Å². The van der Waals surface area contributed by atoms with E-state index in [0.29, 0.717) is 12.2 Å². The average Bonchev–Trinajstić information content (AvgIpc) is 2.21. The maximum absolute atomic E-state index is 11.9. The molecule has 16 heavy (non-hydrogen) atoms. The van der Waals surface area contributed by atoms with Crippen LogP contribution in [-0.4, -0.2) is 27.3 Å². The molecule has 1 aromatic rings. The van der Waals surface area contributed by atoms with E-state index in [1.54, 1.807) is 20.0 Å². The third kappa shape index (κ3) is 3.60. The molecular weight excluding hydrogens is 339 g/mol. The first-order chi connectivity index (χ1) is 7.47. The quantitative estimate of drug-likeness (QED) is 0.791. The van der Waals surface area contributed by atoms with Crippen molar-refractivity contribution in [3.63, 3.8) is 0 Å². The number of benzene rings is 1. The van der Waals surface area contributed by atoms with Gasteiger partial charge in [0.05, 0.1) is 10.9 Å². The van der Waals surface area contributed by atoms with E-state index in [4.69, 9.17) is 0 Å². The van der Waals surface area contributed by atoms with Crippen LogP contribution in [0.5, 0.6) is 0 Å². The molecule has 6 heteroatoms. The van der Waals surface area contributed by atoms with Crippen LogP contribution in [0.4, 0.5) is 5.69 Å². The minimum Gasteiger partial charge on any atom is -0.318 e. The Kier molecular flexibility index (Phi) is 5.00. The average molecular weight is 354 g/mol. The van der Waals surface area contributed by atoms with Gasteiger partial charge < -0.3 is 5.32 Å². The molecule has 0 radical (unpaired) electrons. The standard InChI is InChI=1S/C10H15IN2O2S/c1-8(7-12-2)16(14,15)13-10-6-4-3-5-9(10)11/h3-6,8,12-13H,7H2,1-2H3. The fourth-order valence-electron chi connectivity index (χ4n) is 1.19. The molecular formula is C10H15IN2O2S. The van der Waals surface area contributed by atoms with Crippen LogP contribution >= 0.6 is 22.6 Å². The summed E-state index contributed by atoms with van der Waals surface area (Å²) in [7, 11) is -1.58. The summed E-state index contributed by atoms with van der Waals surface area (Å²) in [6.07, 6.45) is 0. The maximum atomic E-state index is 11.9. The third-order valence-corrected chi connectivity index (χ3v) is 4.82. The largest absolute Gasteiger partial charge is 0.318 e. The van der Waals surface area contributed by atoms with E-state index in [-0.39, 0.29) is 0 Å². The SMILES string of the molecule is CNCC(C)S(=O)(=O)Nc1ccccc1I. The Morgan fingerprint density at radius 2 is 2.00 bits per heavy atom. The Hall–Kier alpha value is -0.340. The number of sulfonamides is 1. The Morgan fingerprint density at radius 3 is 2.56 bits per heavy atom. The Balaban J connectivity index is 2.85. The highest BCUT2D eigenvalue weighted by Crippen LogP contribution is 2.19. The second-order valence-electron chi connectivity index (χ2n) is 3.50. The first kappa shape index (κ1) is 13.7. The maximum Gasteiger partial charge on any atom is 0.236 e. The predicted molar refractivity (Wildman–Crippen MR) is 75.1 cm³/mol. The number of para-hydroxylation sites is 1. The van der Waals surface area contributed by atoms with Gasteiger partial charge in [0, 0.05) is 10.1 Å². The van der Waals surface area contributed by atoms with Crippen molar-refractivity contribution >= 4 is 38.3 Å². The van der Waals surface area contributed by atoms with Gasteiger partial charge in [-0.15, -0.1) is 0 Å². The van der Waals surface area contributed by atoms with Crippen LogP contribution in [-0.2, 0) is 10.0 Å². The first-order valence-corrected chi connectivity index (χ1v) is 7.50. The van der Waals surface area contributed by atoms with Gasteiger partial charge in [-0.2, -0.15) is 0 Å². The molecule has 0 heterocycles. The van der Waals surface area contributed by atoms with Crippen LogP contribution < -0.4 is 10.0 Å². The van der Waals surface area contributed by atoms with Crippen molar-refractivity contribution in [1.29, 1.82) is 0 Å². The molecule has 90 valence electrons. The van der Waals surface area contributed by atoms with E-state index in [0.717, 1.165) is 3.57 Å². The van der Waals surface area contributed by atoms with Gasteiger partial charge in [-0.05, 0) is 48.7 Å². The highest BCUT2D eigenvalue weighted by molar-refractivity contribution is 14.1. The molecule has 1 aromatic carbocycles. The Bertz CT molecular complexity index is 448. The molecule has 2 N–H and O–H groups in total. The van der Waals surface area contributed by atoms with Gasteiger partial charge in [0.2, 0.25) is 10.0 Å². The van der Waals surface area contributed by atoms with Gasteiger partial charge in [-0.1, -0.05) is 12.1 Å². The fraction of sp³-hybridized carbons (Fsp3) is 0.400. The van der Waals surface area contributed by atoms with Gasteiger partial charge in [0.25, 0.3) is 0 Å². The minimum atomic E-state index is -3.32. The van der Waals surface area contributed by atoms with Crippen molar-refractivity contribution in [3.8, 4) is 0 Å². The van der Waals surface area contributed by atoms with Crippen LogP contribution in [0.3, 0.4) is 0 Å². The van der Waals surface area contributed by atoms with Crippen LogP contribution in [0, 0.1) is 3.57 Å². The van der Waals surface area contributed by atoms with Crippen molar-refractivity contribution in [1.82, 2.24) is 5.32 Å². The van der Waals surface area contributed by atoms with Crippen molar-refractivity contribution in [3.05, 3.63) is 27.8 Å². The molecule has 0 aliphatic heterocycles. The summed E-state index contributed by atoms with van der Waals surface area (Å²) in [5, 5.41) is 2.39. The lowest BCUT2D eigenvalue weighted by Crippen LogP contribution is -2.33. The topological polar surface area (TPSA) is 58.2 Å². The summed E-state index contributed by atoms with van der Waals surface area (Å²) in [6, 6.07) is 7.30. The second-order valence-corrected chi connectivity index (χ2v) is 6.76. The summed E-state index contributed by atoms with van der Waals surface area (Å²) < 4.78 is 27.3. The normalized spacial score (nSPS) is 13.4. The lowest BCUT2D eigenvalue weighted by molar-refractivity contribution is 0.583. The van der Waals surface area contributed by atoms with Crippen molar-refractivity contribution in [2.24, 2.45) is 0 Å². The van der Waals surface area contributed by atoms with Crippen molar-refractivity contribution in [2.75, 3.05) is 18.3 Å². The van der Waals surface area contributed by atoms with E-state index < -0.39 is 15.3 Å². The molecule has 0 aliphatic carbocycles. The highest BCUT2D eigenvalue weighted by Gasteiger charge is 2.20. The molecule has 0 spiro atoms. The monoisotopic (exact) mass is 354 g/mol. The van der Waals surface area contributed by atoms with Crippen LogP contribution in [0.25, 0.3) is 0 Å². The molecule has 1 atom stereocenters. The second kappa shape index (κ2) is 5.83. The zero-order valence-electron chi connectivity index (χ0n) is 9.20. The summed E-state index contributed by atoms with van der Waals surface area (Å²) in [6.45, 7) is 2.10. The van der Waals surface area contributed by atoms with Gasteiger partial charge in [-0.3, -0.25) is 4.72 Å². The van der Waals surface area contributed by atoms with Gasteiger partial charge in [0.15, 0.2) is 0 Å². The summed E-state index contributed by atoms with van der Waals surface area (Å²) in [5.41, 5.74) is 0.631. The van der Waals surface area contributed by atoms with Crippen LogP contribution in [0.15, 0.2) is 24.3 Å². The lowest BCUT2D eigenvalue weighted by Gasteiger charge is -2.15. The molecule has 0 saturated carbocycles. The van der Waals surface area contributed by atoms with E-state index in [1.165, 1.54) is 0 Å². The number of nitrogens with one attached hydrogen (secondary N) is 2. The van der Waals surface area contributed by atoms with Gasteiger partial charge in [0.1, 0.15) is 0 Å². The molecule has 0 fully saturated rings. The molecule has 0 bridgehead atoms. The summed E-state index contributed by atoms with van der Waals surface area (Å²) in [4.78, 5) is 0. The minimum absolute atomic E-state index is 0.429. The van der Waals surface area contributed by atoms with E-state index in [1.807, 2.05) is 18.2 Å². The van der Waals surface area contributed by atoms with E-state index in [9.17, 15) is 8.42 Å². The van der Waals surface area contributed by atoms with Gasteiger partial charge >= 0.3 is 0 Å². The van der Waals surface area contributed by atoms with E-state index in [2.05, 4.69) is 32.6 Å². The van der Waals surface area contributed by atoms with Crippen LogP contribution in [0.2, 0.25) is 0 Å². The summed E-state index contributed by atoms with van der Waals surface area (Å²) in [5.74, 6) is 0. The molecule has 0 amide bonds. The molecule has 0 aromatic heterocycles. The molecule has 0 saturated heterocycles. The number of anilines is 1. The molecule has 0 aliphatic rings. The zero-order chi connectivity index (χ0) is 12.2. The lowest BCUT2D eigenvalue weighted by atomic mass is 10.3. The Morgan fingerprint density at radius 1 is 1.38 bits per heavy atom. The predicted octanol–water partition coefficient (Wildman–Crippen LogP) is 1.64. The molecule has 1 unspecified atom stereocenters.